The molecule has 1 amide bonds. The molecule has 0 bridgehead atoms. The second-order valence-corrected chi connectivity index (χ2v) is 4.11. The molecule has 7 heteroatoms. The Morgan fingerprint density at radius 3 is 2.74 bits per heavy atom. The number of nitrogens with one attached hydrogen (secondary N) is 1. The van der Waals surface area contributed by atoms with Gasteiger partial charge in [-0.05, 0) is 24.6 Å². The minimum atomic E-state index is -0.527. The van der Waals surface area contributed by atoms with E-state index in [4.69, 9.17) is 0 Å². The quantitative estimate of drug-likeness (QED) is 0.674. The molecule has 0 spiro atoms. The molecule has 0 fully saturated rings. The summed E-state index contributed by atoms with van der Waals surface area (Å²) in [6.45, 7) is 1.75. The number of aryl methyl sites for hydroxylation is 2. The first kappa shape index (κ1) is 12.7. The number of carbonyl (C=O) groups excluding carboxylic acids is 1. The van der Waals surface area contributed by atoms with Gasteiger partial charge in [0.15, 0.2) is 5.69 Å². The lowest BCUT2D eigenvalue weighted by Crippen LogP contribution is -2.14. The van der Waals surface area contributed by atoms with Crippen LogP contribution >= 0.6 is 0 Å². The van der Waals surface area contributed by atoms with Crippen LogP contribution in [0.5, 0.6) is 0 Å². The first-order valence-electron chi connectivity index (χ1n) is 5.53. The number of hydrogen-bond donors (Lipinski definition) is 1. The van der Waals surface area contributed by atoms with E-state index in [9.17, 15) is 14.9 Å². The summed E-state index contributed by atoms with van der Waals surface area (Å²) in [7, 11) is 1.69. The van der Waals surface area contributed by atoms with E-state index < -0.39 is 10.8 Å². The summed E-state index contributed by atoms with van der Waals surface area (Å²) < 4.78 is 1.48. The molecule has 2 rings (SSSR count). The Morgan fingerprint density at radius 2 is 2.16 bits per heavy atom. The number of hydrogen-bond acceptors (Lipinski definition) is 4. The zero-order valence-electron chi connectivity index (χ0n) is 10.5. The van der Waals surface area contributed by atoms with Crippen LogP contribution in [0.15, 0.2) is 30.5 Å². The molecule has 1 heterocycles. The van der Waals surface area contributed by atoms with Gasteiger partial charge in [-0.15, -0.1) is 0 Å². The second kappa shape index (κ2) is 4.89. The van der Waals surface area contributed by atoms with E-state index in [1.165, 1.54) is 22.9 Å². The Morgan fingerprint density at radius 1 is 1.42 bits per heavy atom. The van der Waals surface area contributed by atoms with E-state index in [-0.39, 0.29) is 17.1 Å². The Bertz CT molecular complexity index is 648. The van der Waals surface area contributed by atoms with Gasteiger partial charge in [0.05, 0.1) is 4.92 Å². The van der Waals surface area contributed by atoms with Crippen molar-refractivity contribution >= 4 is 17.3 Å². The van der Waals surface area contributed by atoms with Gasteiger partial charge in [-0.2, -0.15) is 5.10 Å². The third kappa shape index (κ3) is 2.76. The number of nitrogens with zero attached hydrogens (tertiary/aromatic N) is 3. The molecule has 0 radical (unpaired) electrons. The van der Waals surface area contributed by atoms with Crippen LogP contribution < -0.4 is 5.32 Å². The summed E-state index contributed by atoms with van der Waals surface area (Å²) in [5.41, 5.74) is 0.982. The first-order chi connectivity index (χ1) is 8.97. The molecule has 0 saturated heterocycles. The summed E-state index contributed by atoms with van der Waals surface area (Å²) in [5.74, 6) is -0.479. The summed E-state index contributed by atoms with van der Waals surface area (Å²) in [4.78, 5) is 22.3. The molecule has 0 aliphatic rings. The molecule has 7 nitrogen and oxygen atoms in total. The van der Waals surface area contributed by atoms with Gasteiger partial charge in [0.1, 0.15) is 5.69 Å². The van der Waals surface area contributed by atoms with Crippen LogP contribution in [-0.2, 0) is 7.05 Å². The number of carbonyl (C=O) groups is 1. The highest BCUT2D eigenvalue weighted by Gasteiger charge is 2.17. The molecule has 1 N–H and O–H groups in total. The number of benzene rings is 1. The monoisotopic (exact) mass is 260 g/mol. The average Bonchev–Trinajstić information content (AvgIpc) is 2.78. The van der Waals surface area contributed by atoms with Crippen LogP contribution in [0, 0.1) is 17.0 Å². The zero-order chi connectivity index (χ0) is 14.0. The van der Waals surface area contributed by atoms with Crippen LogP contribution in [0.1, 0.15) is 16.1 Å². The standard InChI is InChI=1S/C12H12N4O3/c1-8-3-4-9(11(7-8)16(18)19)13-12(17)10-5-6-15(2)14-10/h3-7H,1-2H3,(H,13,17). The van der Waals surface area contributed by atoms with Crippen LogP contribution in [0.4, 0.5) is 11.4 Å². The number of nitro groups is 1. The smallest absolute Gasteiger partial charge is 0.293 e. The molecule has 98 valence electrons. The maximum absolute atomic E-state index is 11.9. The second-order valence-electron chi connectivity index (χ2n) is 4.11. The van der Waals surface area contributed by atoms with E-state index in [0.29, 0.717) is 0 Å². The van der Waals surface area contributed by atoms with E-state index in [2.05, 4.69) is 10.4 Å². The number of amides is 1. The van der Waals surface area contributed by atoms with Gasteiger partial charge in [0, 0.05) is 19.3 Å². The summed E-state index contributed by atoms with van der Waals surface area (Å²) >= 11 is 0. The van der Waals surface area contributed by atoms with Crippen molar-refractivity contribution < 1.29 is 9.72 Å². The minimum Gasteiger partial charge on any atom is -0.315 e. The van der Waals surface area contributed by atoms with Gasteiger partial charge in [0.2, 0.25) is 0 Å². The van der Waals surface area contributed by atoms with E-state index >= 15 is 0 Å². The average molecular weight is 260 g/mol. The molecule has 0 atom stereocenters. The highest BCUT2D eigenvalue weighted by atomic mass is 16.6. The Balaban J connectivity index is 2.28. The number of aromatic nitrogens is 2. The molecule has 0 unspecified atom stereocenters. The van der Waals surface area contributed by atoms with Crippen molar-refractivity contribution in [1.82, 2.24) is 9.78 Å². The lowest BCUT2D eigenvalue weighted by molar-refractivity contribution is -0.384. The molecule has 1 aromatic heterocycles. The maximum atomic E-state index is 11.9. The normalized spacial score (nSPS) is 10.2. The van der Waals surface area contributed by atoms with Crippen LogP contribution in [0.25, 0.3) is 0 Å². The minimum absolute atomic E-state index is 0.135. The molecule has 0 aliphatic heterocycles. The van der Waals surface area contributed by atoms with Crippen LogP contribution in [0.3, 0.4) is 0 Å². The first-order valence-corrected chi connectivity index (χ1v) is 5.53. The summed E-state index contributed by atoms with van der Waals surface area (Å²) in [6, 6.07) is 6.15. The van der Waals surface area contributed by atoms with Gasteiger partial charge in [-0.3, -0.25) is 19.6 Å². The zero-order valence-corrected chi connectivity index (χ0v) is 10.5. The molecule has 0 saturated carbocycles. The largest absolute Gasteiger partial charge is 0.315 e. The lowest BCUT2D eigenvalue weighted by atomic mass is 10.2. The van der Waals surface area contributed by atoms with Crippen molar-refractivity contribution in [3.63, 3.8) is 0 Å². The highest BCUT2D eigenvalue weighted by molar-refractivity contribution is 6.04. The number of anilines is 1. The fraction of sp³-hybridized carbons (Fsp3) is 0.167. The van der Waals surface area contributed by atoms with E-state index in [1.54, 1.807) is 26.2 Å². The van der Waals surface area contributed by atoms with Gasteiger partial charge >= 0.3 is 0 Å². The number of rotatable bonds is 3. The van der Waals surface area contributed by atoms with E-state index in [0.717, 1.165) is 5.56 Å². The van der Waals surface area contributed by atoms with Crippen molar-refractivity contribution in [1.29, 1.82) is 0 Å². The topological polar surface area (TPSA) is 90.1 Å². The van der Waals surface area contributed by atoms with Crippen molar-refractivity contribution in [2.24, 2.45) is 7.05 Å². The third-order valence-corrected chi connectivity index (χ3v) is 2.54. The van der Waals surface area contributed by atoms with Crippen LogP contribution in [-0.4, -0.2) is 20.6 Å². The molecular weight excluding hydrogens is 248 g/mol. The van der Waals surface area contributed by atoms with Crippen molar-refractivity contribution in [3.8, 4) is 0 Å². The third-order valence-electron chi connectivity index (χ3n) is 2.54. The van der Waals surface area contributed by atoms with Gasteiger partial charge < -0.3 is 5.32 Å². The van der Waals surface area contributed by atoms with Gasteiger partial charge in [-0.25, -0.2) is 0 Å². The van der Waals surface area contributed by atoms with Crippen molar-refractivity contribution in [2.45, 2.75) is 6.92 Å². The highest BCUT2D eigenvalue weighted by Crippen LogP contribution is 2.25. The molecule has 19 heavy (non-hydrogen) atoms. The predicted octanol–water partition coefficient (Wildman–Crippen LogP) is 1.89. The maximum Gasteiger partial charge on any atom is 0.293 e. The van der Waals surface area contributed by atoms with Gasteiger partial charge in [-0.1, -0.05) is 6.07 Å². The van der Waals surface area contributed by atoms with Crippen molar-refractivity contribution in [3.05, 3.63) is 51.8 Å². The predicted molar refractivity (Wildman–Crippen MR) is 69.0 cm³/mol. The SMILES string of the molecule is Cc1ccc(NC(=O)c2ccn(C)n2)c([N+](=O)[O-])c1. The fourth-order valence-electron chi connectivity index (χ4n) is 1.62. The summed E-state index contributed by atoms with van der Waals surface area (Å²) in [6.07, 6.45) is 1.62. The molecule has 1 aromatic carbocycles. The van der Waals surface area contributed by atoms with Crippen LogP contribution in [0.2, 0.25) is 0 Å². The number of nitro benzene ring substituents is 1. The Kier molecular flexibility index (Phi) is 3.28. The van der Waals surface area contributed by atoms with Gasteiger partial charge in [0.25, 0.3) is 11.6 Å². The fourth-order valence-corrected chi connectivity index (χ4v) is 1.62. The molecular formula is C12H12N4O3. The summed E-state index contributed by atoms with van der Waals surface area (Å²) in [5, 5.41) is 17.4. The molecule has 2 aromatic rings. The molecule has 0 aliphatic carbocycles. The van der Waals surface area contributed by atoms with Crippen molar-refractivity contribution in [2.75, 3.05) is 5.32 Å². The Hall–Kier alpha value is -2.70. The Labute approximate surface area is 109 Å². The van der Waals surface area contributed by atoms with E-state index in [1.807, 2.05) is 0 Å². The lowest BCUT2D eigenvalue weighted by Gasteiger charge is -2.05.